The lowest BCUT2D eigenvalue weighted by Gasteiger charge is -2.52. The number of nitrogens with two attached hydrogens (primary N) is 1. The van der Waals surface area contributed by atoms with Crippen LogP contribution in [0.15, 0.2) is 0 Å². The summed E-state index contributed by atoms with van der Waals surface area (Å²) < 4.78 is 0. The number of fused-ring (bicyclic) bond motifs is 3. The quantitative estimate of drug-likeness (QED) is 0.715. The molecule has 2 nitrogen and oxygen atoms in total. The van der Waals surface area contributed by atoms with Gasteiger partial charge in [0.25, 0.3) is 0 Å². The van der Waals surface area contributed by atoms with E-state index < -0.39 is 0 Å². The van der Waals surface area contributed by atoms with Crippen molar-refractivity contribution in [3.8, 4) is 0 Å². The van der Waals surface area contributed by atoms with Crippen molar-refractivity contribution >= 4 is 0 Å². The molecule has 3 unspecified atom stereocenters. The molecule has 2 aliphatic heterocycles. The van der Waals surface area contributed by atoms with Crippen LogP contribution in [0.3, 0.4) is 0 Å². The van der Waals surface area contributed by atoms with Crippen LogP contribution < -0.4 is 5.73 Å². The van der Waals surface area contributed by atoms with Crippen LogP contribution in [0, 0.1) is 5.92 Å². The number of hydrogen-bond donors (Lipinski definition) is 1. The van der Waals surface area contributed by atoms with Gasteiger partial charge in [-0.15, -0.1) is 0 Å². The van der Waals surface area contributed by atoms with Crippen molar-refractivity contribution in [2.75, 3.05) is 6.54 Å². The van der Waals surface area contributed by atoms with Crippen LogP contribution in [-0.4, -0.2) is 29.6 Å². The molecule has 4 rings (SSSR count). The first-order valence-corrected chi connectivity index (χ1v) is 6.86. The van der Waals surface area contributed by atoms with Crippen molar-refractivity contribution in [3.05, 3.63) is 0 Å². The molecule has 0 aromatic carbocycles. The Balaban J connectivity index is 1.67. The molecule has 2 saturated heterocycles. The van der Waals surface area contributed by atoms with E-state index in [9.17, 15) is 0 Å². The summed E-state index contributed by atoms with van der Waals surface area (Å²) in [5.74, 6) is 0.817. The first-order chi connectivity index (χ1) is 7.34. The molecule has 0 amide bonds. The molecule has 2 heteroatoms. The smallest absolute Gasteiger partial charge is 0.0113 e. The minimum atomic E-state index is 0.517. The summed E-state index contributed by atoms with van der Waals surface area (Å²) in [4.78, 5) is 2.83. The summed E-state index contributed by atoms with van der Waals surface area (Å²) in [6.07, 6.45) is 11.4. The second kappa shape index (κ2) is 4.06. The van der Waals surface area contributed by atoms with Gasteiger partial charge in [-0.25, -0.2) is 0 Å². The lowest BCUT2D eigenvalue weighted by Crippen LogP contribution is -2.59. The fourth-order valence-electron chi connectivity index (χ4n) is 4.05. The molecule has 2 N–H and O–H groups in total. The highest BCUT2D eigenvalue weighted by Gasteiger charge is 2.41. The third-order valence-corrected chi connectivity index (χ3v) is 4.98. The van der Waals surface area contributed by atoms with Crippen LogP contribution >= 0.6 is 0 Å². The molecule has 0 aromatic heterocycles. The van der Waals surface area contributed by atoms with Gasteiger partial charge in [-0.3, -0.25) is 4.90 Å². The molecule has 2 aliphatic carbocycles. The highest BCUT2D eigenvalue weighted by molar-refractivity contribution is 4.97. The van der Waals surface area contributed by atoms with E-state index in [1.54, 1.807) is 0 Å². The molecule has 2 heterocycles. The topological polar surface area (TPSA) is 29.3 Å². The Bertz CT molecular complexity index is 218. The van der Waals surface area contributed by atoms with E-state index in [4.69, 9.17) is 5.73 Å². The standard InChI is InChI=1S/C13H24N2/c14-13-8-12-7-6-10(13)9-15(12)11-4-2-1-3-5-11/h10-13H,1-9,14H2. The zero-order valence-electron chi connectivity index (χ0n) is 9.70. The number of hydrogen-bond acceptors (Lipinski definition) is 2. The van der Waals surface area contributed by atoms with Gasteiger partial charge in [0.05, 0.1) is 0 Å². The van der Waals surface area contributed by atoms with E-state index in [1.807, 2.05) is 0 Å². The van der Waals surface area contributed by atoms with Crippen molar-refractivity contribution in [2.24, 2.45) is 11.7 Å². The summed E-state index contributed by atoms with van der Waals surface area (Å²) >= 11 is 0. The largest absolute Gasteiger partial charge is 0.327 e. The van der Waals surface area contributed by atoms with Gasteiger partial charge in [0.15, 0.2) is 0 Å². The van der Waals surface area contributed by atoms with E-state index >= 15 is 0 Å². The summed E-state index contributed by atoms with van der Waals surface area (Å²) in [7, 11) is 0. The van der Waals surface area contributed by atoms with E-state index in [2.05, 4.69) is 4.90 Å². The van der Waals surface area contributed by atoms with Crippen molar-refractivity contribution in [3.63, 3.8) is 0 Å². The molecule has 4 aliphatic rings. The molecule has 2 bridgehead atoms. The molecule has 0 spiro atoms. The Kier molecular flexibility index (Phi) is 2.73. The Morgan fingerprint density at radius 3 is 2.27 bits per heavy atom. The molecule has 3 atom stereocenters. The van der Waals surface area contributed by atoms with Gasteiger partial charge in [0.2, 0.25) is 0 Å². The second-order valence-electron chi connectivity index (χ2n) is 5.88. The summed E-state index contributed by atoms with van der Waals surface area (Å²) in [6, 6.07) is 2.27. The predicted octanol–water partition coefficient (Wildman–Crippen LogP) is 2.13. The normalized spacial score (nSPS) is 43.4. The summed E-state index contributed by atoms with van der Waals surface area (Å²) in [6.45, 7) is 1.32. The van der Waals surface area contributed by atoms with Gasteiger partial charge >= 0.3 is 0 Å². The number of piperidine rings is 2. The zero-order chi connectivity index (χ0) is 10.3. The highest BCUT2D eigenvalue weighted by atomic mass is 15.2. The van der Waals surface area contributed by atoms with E-state index in [0.717, 1.165) is 18.0 Å². The van der Waals surface area contributed by atoms with Crippen molar-refractivity contribution in [1.82, 2.24) is 4.90 Å². The molecular weight excluding hydrogens is 184 g/mol. The minimum Gasteiger partial charge on any atom is -0.327 e. The van der Waals surface area contributed by atoms with Crippen molar-refractivity contribution in [2.45, 2.75) is 69.5 Å². The molecule has 15 heavy (non-hydrogen) atoms. The molecule has 86 valence electrons. The van der Waals surface area contributed by atoms with Crippen molar-refractivity contribution in [1.29, 1.82) is 0 Å². The van der Waals surface area contributed by atoms with Crippen LogP contribution in [0.2, 0.25) is 0 Å². The lowest BCUT2D eigenvalue weighted by atomic mass is 9.75. The fraction of sp³-hybridized carbons (Fsp3) is 1.00. The van der Waals surface area contributed by atoms with Crippen molar-refractivity contribution < 1.29 is 0 Å². The maximum absolute atomic E-state index is 6.19. The number of nitrogens with zero attached hydrogens (tertiary/aromatic N) is 1. The minimum absolute atomic E-state index is 0.517. The van der Waals surface area contributed by atoms with Gasteiger partial charge < -0.3 is 5.73 Å². The first-order valence-electron chi connectivity index (χ1n) is 6.86. The Morgan fingerprint density at radius 2 is 1.67 bits per heavy atom. The first kappa shape index (κ1) is 10.1. The average molecular weight is 208 g/mol. The molecule has 0 radical (unpaired) electrons. The second-order valence-corrected chi connectivity index (χ2v) is 5.88. The zero-order valence-corrected chi connectivity index (χ0v) is 9.70. The van der Waals surface area contributed by atoms with Gasteiger partial charge in [-0.2, -0.15) is 0 Å². The van der Waals surface area contributed by atoms with E-state index in [1.165, 1.54) is 57.9 Å². The summed E-state index contributed by atoms with van der Waals surface area (Å²) in [5.41, 5.74) is 6.19. The van der Waals surface area contributed by atoms with E-state index in [0.29, 0.717) is 6.04 Å². The average Bonchev–Trinajstić information content (AvgIpc) is 2.31. The Hall–Kier alpha value is -0.0800. The van der Waals surface area contributed by atoms with Crippen LogP contribution in [0.25, 0.3) is 0 Å². The SMILES string of the molecule is NC1CC2CCC1CN2C1CCCCC1. The van der Waals surface area contributed by atoms with Crippen LogP contribution in [-0.2, 0) is 0 Å². The van der Waals surface area contributed by atoms with E-state index in [-0.39, 0.29) is 0 Å². The molecule has 4 fully saturated rings. The van der Waals surface area contributed by atoms with Gasteiger partial charge in [0.1, 0.15) is 0 Å². The molecular formula is C13H24N2. The fourth-order valence-corrected chi connectivity index (χ4v) is 4.05. The highest BCUT2D eigenvalue weighted by Crippen LogP contribution is 2.38. The maximum Gasteiger partial charge on any atom is 0.0113 e. The third kappa shape index (κ3) is 1.83. The number of rotatable bonds is 1. The monoisotopic (exact) mass is 208 g/mol. The van der Waals surface area contributed by atoms with Crippen LogP contribution in [0.4, 0.5) is 0 Å². The van der Waals surface area contributed by atoms with Gasteiger partial charge in [0, 0.05) is 24.7 Å². The Morgan fingerprint density at radius 1 is 0.867 bits per heavy atom. The molecule has 2 saturated carbocycles. The van der Waals surface area contributed by atoms with Gasteiger partial charge in [-0.05, 0) is 38.0 Å². The predicted molar refractivity (Wildman–Crippen MR) is 62.7 cm³/mol. The lowest BCUT2D eigenvalue weighted by molar-refractivity contribution is -0.00918. The summed E-state index contributed by atoms with van der Waals surface area (Å²) in [5, 5.41) is 0. The molecule has 0 aromatic rings. The Labute approximate surface area is 93.2 Å². The van der Waals surface area contributed by atoms with Crippen LogP contribution in [0.5, 0.6) is 0 Å². The third-order valence-electron chi connectivity index (χ3n) is 4.98. The van der Waals surface area contributed by atoms with Crippen LogP contribution in [0.1, 0.15) is 51.4 Å². The maximum atomic E-state index is 6.19. The van der Waals surface area contributed by atoms with Gasteiger partial charge in [-0.1, -0.05) is 19.3 Å².